The van der Waals surface area contributed by atoms with Crippen molar-refractivity contribution in [3.05, 3.63) is 59.2 Å². The maximum atomic E-state index is 11.8. The molecule has 0 unspecified atom stereocenters. The van der Waals surface area contributed by atoms with Gasteiger partial charge in [0.15, 0.2) is 0 Å². The summed E-state index contributed by atoms with van der Waals surface area (Å²) in [4.78, 5) is 11.8. The van der Waals surface area contributed by atoms with Crippen molar-refractivity contribution in [1.29, 1.82) is 0 Å². The molecule has 4 nitrogen and oxygen atoms in total. The molecule has 0 aliphatic heterocycles. The van der Waals surface area contributed by atoms with Crippen molar-refractivity contribution in [3.63, 3.8) is 0 Å². The molecular weight excluding hydrogens is 288 g/mol. The molecule has 4 heteroatoms. The van der Waals surface area contributed by atoms with Gasteiger partial charge in [-0.1, -0.05) is 23.8 Å². The molecule has 0 saturated heterocycles. The molecule has 0 atom stereocenters. The topological polar surface area (TPSA) is 50.4 Å². The number of benzene rings is 2. The van der Waals surface area contributed by atoms with Crippen molar-refractivity contribution in [2.24, 2.45) is 0 Å². The van der Waals surface area contributed by atoms with Crippen molar-refractivity contribution in [1.82, 2.24) is 5.32 Å². The van der Waals surface area contributed by atoms with Gasteiger partial charge in [-0.2, -0.15) is 0 Å². The number of anilines is 1. The minimum absolute atomic E-state index is 0.191. The third-order valence-corrected chi connectivity index (χ3v) is 3.66. The zero-order valence-corrected chi connectivity index (χ0v) is 14.0. The first-order chi connectivity index (χ1) is 11.0. The van der Waals surface area contributed by atoms with Crippen LogP contribution in [-0.4, -0.2) is 19.2 Å². The number of rotatable bonds is 6. The summed E-state index contributed by atoms with van der Waals surface area (Å²) in [6.07, 6.45) is 0.758. The molecule has 0 heterocycles. The molecule has 0 aliphatic carbocycles. The number of carbonyl (C=O) groups is 1. The van der Waals surface area contributed by atoms with Crippen molar-refractivity contribution in [2.45, 2.75) is 27.2 Å². The van der Waals surface area contributed by atoms with Gasteiger partial charge in [-0.15, -0.1) is 0 Å². The Balaban J connectivity index is 1.64. The minimum Gasteiger partial charge on any atom is -0.494 e. The number of ether oxygens (including phenoxy) is 1. The van der Waals surface area contributed by atoms with Crippen LogP contribution in [0.3, 0.4) is 0 Å². The van der Waals surface area contributed by atoms with Gasteiger partial charge in [-0.05, 0) is 62.6 Å². The number of carbonyl (C=O) groups excluding carboxylic acids is 1. The van der Waals surface area contributed by atoms with E-state index in [1.165, 1.54) is 11.1 Å². The zero-order valence-electron chi connectivity index (χ0n) is 14.0. The smallest absolute Gasteiger partial charge is 0.319 e. The Hall–Kier alpha value is -2.49. The van der Waals surface area contributed by atoms with Gasteiger partial charge < -0.3 is 15.4 Å². The second kappa shape index (κ2) is 8.22. The Labute approximate surface area is 137 Å². The Kier molecular flexibility index (Phi) is 6.03. The standard InChI is InChI=1S/C19H24N2O2/c1-14-5-9-18(10-6-14)23-12-4-11-20-19(22)21-17-8-7-15(2)16(3)13-17/h5-10,13H,4,11-12H2,1-3H3,(H2,20,21,22). The van der Waals surface area contributed by atoms with E-state index in [1.807, 2.05) is 63.2 Å². The van der Waals surface area contributed by atoms with E-state index in [1.54, 1.807) is 0 Å². The summed E-state index contributed by atoms with van der Waals surface area (Å²) in [6.45, 7) is 7.27. The number of urea groups is 1. The van der Waals surface area contributed by atoms with E-state index < -0.39 is 0 Å². The second-order valence-corrected chi connectivity index (χ2v) is 5.70. The van der Waals surface area contributed by atoms with Crippen molar-refractivity contribution in [2.75, 3.05) is 18.5 Å². The number of hydrogen-bond acceptors (Lipinski definition) is 2. The first kappa shape index (κ1) is 16.9. The van der Waals surface area contributed by atoms with Gasteiger partial charge in [0, 0.05) is 12.2 Å². The maximum absolute atomic E-state index is 11.8. The molecule has 0 radical (unpaired) electrons. The van der Waals surface area contributed by atoms with Gasteiger partial charge >= 0.3 is 6.03 Å². The first-order valence-electron chi connectivity index (χ1n) is 7.86. The third-order valence-electron chi connectivity index (χ3n) is 3.66. The van der Waals surface area contributed by atoms with Gasteiger partial charge in [0.1, 0.15) is 5.75 Å². The van der Waals surface area contributed by atoms with Crippen molar-refractivity contribution < 1.29 is 9.53 Å². The molecule has 0 aliphatic rings. The Morgan fingerprint density at radius 1 is 1.00 bits per heavy atom. The Morgan fingerprint density at radius 3 is 2.43 bits per heavy atom. The number of hydrogen-bond donors (Lipinski definition) is 2. The zero-order chi connectivity index (χ0) is 16.7. The summed E-state index contributed by atoms with van der Waals surface area (Å²) < 4.78 is 5.62. The van der Waals surface area contributed by atoms with Crippen LogP contribution >= 0.6 is 0 Å². The lowest BCUT2D eigenvalue weighted by atomic mass is 10.1. The normalized spacial score (nSPS) is 10.2. The number of amides is 2. The van der Waals surface area contributed by atoms with Crippen LogP contribution in [0.2, 0.25) is 0 Å². The second-order valence-electron chi connectivity index (χ2n) is 5.70. The fraction of sp³-hybridized carbons (Fsp3) is 0.316. The van der Waals surface area contributed by atoms with E-state index in [0.29, 0.717) is 13.2 Å². The highest BCUT2D eigenvalue weighted by Gasteiger charge is 2.02. The molecule has 0 spiro atoms. The highest BCUT2D eigenvalue weighted by atomic mass is 16.5. The molecule has 2 aromatic rings. The quantitative estimate of drug-likeness (QED) is 0.785. The van der Waals surface area contributed by atoms with E-state index in [2.05, 4.69) is 10.6 Å². The van der Waals surface area contributed by atoms with Crippen LogP contribution in [0.1, 0.15) is 23.1 Å². The minimum atomic E-state index is -0.191. The van der Waals surface area contributed by atoms with Gasteiger partial charge in [0.05, 0.1) is 6.61 Å². The molecule has 0 fully saturated rings. The SMILES string of the molecule is Cc1ccc(OCCCNC(=O)Nc2ccc(C)c(C)c2)cc1. The average molecular weight is 312 g/mol. The maximum Gasteiger partial charge on any atom is 0.319 e. The Bertz CT molecular complexity index is 651. The lowest BCUT2D eigenvalue weighted by Crippen LogP contribution is -2.30. The summed E-state index contributed by atoms with van der Waals surface area (Å²) in [6, 6.07) is 13.6. The molecule has 0 bridgehead atoms. The van der Waals surface area contributed by atoms with E-state index in [-0.39, 0.29) is 6.03 Å². The average Bonchev–Trinajstić information content (AvgIpc) is 2.52. The van der Waals surface area contributed by atoms with Gasteiger partial charge in [0.2, 0.25) is 0 Å². The molecule has 2 rings (SSSR count). The van der Waals surface area contributed by atoms with Gasteiger partial charge in [0.25, 0.3) is 0 Å². The van der Waals surface area contributed by atoms with Crippen molar-refractivity contribution >= 4 is 11.7 Å². The van der Waals surface area contributed by atoms with E-state index in [4.69, 9.17) is 4.74 Å². The monoisotopic (exact) mass is 312 g/mol. The predicted molar refractivity (Wildman–Crippen MR) is 94.2 cm³/mol. The molecule has 122 valence electrons. The van der Waals surface area contributed by atoms with E-state index >= 15 is 0 Å². The number of nitrogens with one attached hydrogen (secondary N) is 2. The van der Waals surface area contributed by atoms with Crippen LogP contribution in [0.15, 0.2) is 42.5 Å². The summed E-state index contributed by atoms with van der Waals surface area (Å²) in [5.41, 5.74) is 4.39. The third kappa shape index (κ3) is 5.66. The fourth-order valence-corrected chi connectivity index (χ4v) is 2.09. The van der Waals surface area contributed by atoms with Crippen LogP contribution in [0.5, 0.6) is 5.75 Å². The molecule has 0 saturated carbocycles. The largest absolute Gasteiger partial charge is 0.494 e. The molecule has 2 aromatic carbocycles. The first-order valence-corrected chi connectivity index (χ1v) is 7.86. The summed E-state index contributed by atoms with van der Waals surface area (Å²) in [5.74, 6) is 0.857. The lowest BCUT2D eigenvalue weighted by Gasteiger charge is -2.10. The highest BCUT2D eigenvalue weighted by molar-refractivity contribution is 5.89. The van der Waals surface area contributed by atoms with Crippen LogP contribution < -0.4 is 15.4 Å². The molecular formula is C19H24N2O2. The number of aryl methyl sites for hydroxylation is 3. The highest BCUT2D eigenvalue weighted by Crippen LogP contribution is 2.14. The summed E-state index contributed by atoms with van der Waals surface area (Å²) in [5, 5.41) is 5.66. The van der Waals surface area contributed by atoms with Crippen LogP contribution in [0.4, 0.5) is 10.5 Å². The van der Waals surface area contributed by atoms with Crippen LogP contribution in [-0.2, 0) is 0 Å². The fourth-order valence-electron chi connectivity index (χ4n) is 2.09. The summed E-state index contributed by atoms with van der Waals surface area (Å²) >= 11 is 0. The Morgan fingerprint density at radius 2 is 1.74 bits per heavy atom. The van der Waals surface area contributed by atoms with Crippen LogP contribution in [0.25, 0.3) is 0 Å². The predicted octanol–water partition coefficient (Wildman–Crippen LogP) is 4.20. The summed E-state index contributed by atoms with van der Waals surface area (Å²) in [7, 11) is 0. The molecule has 23 heavy (non-hydrogen) atoms. The molecule has 2 N–H and O–H groups in total. The lowest BCUT2D eigenvalue weighted by molar-refractivity contribution is 0.250. The molecule has 2 amide bonds. The molecule has 0 aromatic heterocycles. The van der Waals surface area contributed by atoms with Crippen LogP contribution in [0, 0.1) is 20.8 Å². The van der Waals surface area contributed by atoms with E-state index in [9.17, 15) is 4.79 Å². The van der Waals surface area contributed by atoms with Gasteiger partial charge in [-0.25, -0.2) is 4.79 Å². The van der Waals surface area contributed by atoms with Gasteiger partial charge in [-0.3, -0.25) is 0 Å². The van der Waals surface area contributed by atoms with Crippen molar-refractivity contribution in [3.8, 4) is 5.75 Å². The van der Waals surface area contributed by atoms with E-state index in [0.717, 1.165) is 23.4 Å².